The molecule has 2 N–H and O–H groups in total. The molecular weight excluding hydrogens is 372 g/mol. The molecule has 30 heavy (non-hydrogen) atoms. The fraction of sp³-hybridized carbons (Fsp3) is 0.889. The van der Waals surface area contributed by atoms with Crippen LogP contribution in [0.3, 0.4) is 0 Å². The van der Waals surface area contributed by atoms with Crippen LogP contribution in [0.2, 0.25) is 0 Å². The number of fused-ring (bicyclic) bond motifs is 5. The van der Waals surface area contributed by atoms with E-state index in [0.29, 0.717) is 30.5 Å². The Bertz CT molecular complexity index is 696. The normalized spacial score (nSPS) is 46.8. The molecule has 1 unspecified atom stereocenters. The summed E-state index contributed by atoms with van der Waals surface area (Å²) in [5.74, 6) is 3.52. The summed E-state index contributed by atoms with van der Waals surface area (Å²) in [5.41, 5.74) is 1.26. The Hall–Kier alpha value is -0.670. The third-order valence-electron chi connectivity index (χ3n) is 10.2. The van der Waals surface area contributed by atoms with Crippen molar-refractivity contribution in [1.82, 2.24) is 0 Å². The minimum Gasteiger partial charge on any atom is -0.390 e. The lowest BCUT2D eigenvalue weighted by Gasteiger charge is -2.58. The highest BCUT2D eigenvalue weighted by molar-refractivity contribution is 5.94. The summed E-state index contributed by atoms with van der Waals surface area (Å²) < 4.78 is 0. The maximum atomic E-state index is 13.4. The second-order valence-corrected chi connectivity index (χ2v) is 12.3. The van der Waals surface area contributed by atoms with E-state index in [1.165, 1.54) is 38.5 Å². The molecule has 0 aliphatic heterocycles. The number of hydrogen-bond acceptors (Lipinski definition) is 3. The van der Waals surface area contributed by atoms with Gasteiger partial charge < -0.3 is 10.2 Å². The molecule has 0 radical (unpaired) electrons. The maximum Gasteiger partial charge on any atom is 0.159 e. The van der Waals surface area contributed by atoms with Crippen molar-refractivity contribution >= 4 is 5.78 Å². The van der Waals surface area contributed by atoms with E-state index < -0.39 is 12.2 Å². The Morgan fingerprint density at radius 1 is 1.03 bits per heavy atom. The molecule has 4 aliphatic rings. The highest BCUT2D eigenvalue weighted by atomic mass is 16.3. The van der Waals surface area contributed by atoms with Crippen molar-refractivity contribution in [3.63, 3.8) is 0 Å². The summed E-state index contributed by atoms with van der Waals surface area (Å²) in [7, 11) is 0. The Morgan fingerprint density at radius 2 is 1.77 bits per heavy atom. The second kappa shape index (κ2) is 8.03. The van der Waals surface area contributed by atoms with E-state index in [2.05, 4.69) is 34.6 Å². The standard InChI is InChI=1S/C27H44O3/c1-16(2)7-6-8-17(3)19-9-10-20-25-21(11-12-26(19,20)4)27(5)15-24(30)22(28)13-18(27)14-23(25)29/h14,16-17,19-22,24-25,28,30H,6-13,15H2,1-5H3/t17-,19-,20+,21+,22-,24?,25+,26-,27+/m1/s1. The highest BCUT2D eigenvalue weighted by Gasteiger charge is 2.61. The number of aliphatic hydroxyl groups excluding tert-OH is 2. The topological polar surface area (TPSA) is 57.5 Å². The van der Waals surface area contributed by atoms with E-state index in [1.54, 1.807) is 0 Å². The number of ketones is 1. The largest absolute Gasteiger partial charge is 0.390 e. The SMILES string of the molecule is CC(C)CCC[C@@H](C)[C@H]1CC[C@H]2[C@@H]3C(=O)C=C4C[C@@H](O)C(O)C[C@]4(C)[C@H]3CC[C@]12C. The van der Waals surface area contributed by atoms with Gasteiger partial charge in [-0.25, -0.2) is 0 Å². The van der Waals surface area contributed by atoms with E-state index in [9.17, 15) is 15.0 Å². The van der Waals surface area contributed by atoms with E-state index in [-0.39, 0.29) is 16.7 Å². The number of aliphatic hydroxyl groups is 2. The molecule has 0 spiro atoms. The van der Waals surface area contributed by atoms with Crippen LogP contribution in [0, 0.1) is 46.3 Å². The third-order valence-corrected chi connectivity index (χ3v) is 10.2. The number of hydrogen-bond donors (Lipinski definition) is 2. The van der Waals surface area contributed by atoms with Gasteiger partial charge in [-0.3, -0.25) is 4.79 Å². The van der Waals surface area contributed by atoms with Gasteiger partial charge in [0.05, 0.1) is 12.2 Å². The molecule has 0 aromatic rings. The van der Waals surface area contributed by atoms with Crippen LogP contribution in [0.4, 0.5) is 0 Å². The van der Waals surface area contributed by atoms with Gasteiger partial charge in [-0.1, -0.05) is 59.5 Å². The highest BCUT2D eigenvalue weighted by Crippen LogP contribution is 2.66. The minimum absolute atomic E-state index is 0.118. The molecule has 4 aliphatic carbocycles. The molecule has 0 aromatic carbocycles. The van der Waals surface area contributed by atoms with Gasteiger partial charge in [0, 0.05) is 5.92 Å². The summed E-state index contributed by atoms with van der Waals surface area (Å²) in [5, 5.41) is 20.7. The van der Waals surface area contributed by atoms with Crippen LogP contribution in [0.25, 0.3) is 0 Å². The van der Waals surface area contributed by atoms with Crippen LogP contribution < -0.4 is 0 Å². The Labute approximate surface area is 183 Å². The zero-order valence-corrected chi connectivity index (χ0v) is 19.9. The average Bonchev–Trinajstić information content (AvgIpc) is 3.01. The monoisotopic (exact) mass is 416 g/mol. The van der Waals surface area contributed by atoms with Gasteiger partial charge in [-0.15, -0.1) is 0 Å². The van der Waals surface area contributed by atoms with Gasteiger partial charge in [0.25, 0.3) is 0 Å². The molecule has 3 saturated carbocycles. The van der Waals surface area contributed by atoms with Crippen molar-refractivity contribution in [2.45, 2.75) is 105 Å². The first-order chi connectivity index (χ1) is 14.1. The van der Waals surface area contributed by atoms with Crippen LogP contribution >= 0.6 is 0 Å². The fourth-order valence-electron chi connectivity index (χ4n) is 8.45. The molecule has 0 amide bonds. The average molecular weight is 417 g/mol. The fourth-order valence-corrected chi connectivity index (χ4v) is 8.45. The van der Waals surface area contributed by atoms with Gasteiger partial charge in [0.2, 0.25) is 0 Å². The van der Waals surface area contributed by atoms with Crippen LogP contribution in [0.5, 0.6) is 0 Å². The zero-order chi connectivity index (χ0) is 21.8. The molecule has 3 heteroatoms. The first kappa shape index (κ1) is 22.5. The van der Waals surface area contributed by atoms with Crippen molar-refractivity contribution < 1.29 is 15.0 Å². The lowest BCUT2D eigenvalue weighted by atomic mass is 9.46. The van der Waals surface area contributed by atoms with Gasteiger partial charge in [0.15, 0.2) is 5.78 Å². The van der Waals surface area contributed by atoms with Crippen molar-refractivity contribution in [3.8, 4) is 0 Å². The van der Waals surface area contributed by atoms with Gasteiger partial charge >= 0.3 is 0 Å². The Balaban J connectivity index is 1.56. The van der Waals surface area contributed by atoms with Crippen LogP contribution in [0.15, 0.2) is 11.6 Å². The molecular formula is C27H44O3. The first-order valence-electron chi connectivity index (χ1n) is 12.7. The zero-order valence-electron chi connectivity index (χ0n) is 19.9. The number of allylic oxidation sites excluding steroid dienone is 1. The maximum absolute atomic E-state index is 13.4. The Morgan fingerprint density at radius 3 is 2.47 bits per heavy atom. The first-order valence-corrected chi connectivity index (χ1v) is 12.7. The van der Waals surface area contributed by atoms with Crippen molar-refractivity contribution in [2.24, 2.45) is 46.3 Å². The van der Waals surface area contributed by atoms with Gasteiger partial charge in [-0.05, 0) is 85.0 Å². The third kappa shape index (κ3) is 3.52. The van der Waals surface area contributed by atoms with E-state index in [0.717, 1.165) is 29.7 Å². The van der Waals surface area contributed by atoms with Gasteiger partial charge in [-0.2, -0.15) is 0 Å². The summed E-state index contributed by atoms with van der Waals surface area (Å²) in [6, 6.07) is 0. The predicted octanol–water partition coefficient (Wildman–Crippen LogP) is 5.54. The van der Waals surface area contributed by atoms with Crippen molar-refractivity contribution in [1.29, 1.82) is 0 Å². The van der Waals surface area contributed by atoms with E-state index >= 15 is 0 Å². The van der Waals surface area contributed by atoms with Crippen LogP contribution in [-0.4, -0.2) is 28.2 Å². The minimum atomic E-state index is -0.718. The summed E-state index contributed by atoms with van der Waals surface area (Å²) in [6.07, 6.45) is 10.3. The van der Waals surface area contributed by atoms with Gasteiger partial charge in [0.1, 0.15) is 0 Å². The number of carbonyl (C=O) groups is 1. The smallest absolute Gasteiger partial charge is 0.159 e. The second-order valence-electron chi connectivity index (χ2n) is 12.3. The number of carbonyl (C=O) groups excluding carboxylic acids is 1. The molecule has 3 nitrogen and oxygen atoms in total. The van der Waals surface area contributed by atoms with Crippen LogP contribution in [-0.2, 0) is 4.79 Å². The van der Waals surface area contributed by atoms with Crippen molar-refractivity contribution in [3.05, 3.63) is 11.6 Å². The molecule has 170 valence electrons. The lowest BCUT2D eigenvalue weighted by Crippen LogP contribution is -2.55. The van der Waals surface area contributed by atoms with E-state index in [4.69, 9.17) is 0 Å². The predicted molar refractivity (Wildman–Crippen MR) is 121 cm³/mol. The summed E-state index contributed by atoms with van der Waals surface area (Å²) in [6.45, 7) is 11.9. The molecule has 0 aromatic heterocycles. The molecule has 3 fully saturated rings. The van der Waals surface area contributed by atoms with Crippen LogP contribution in [0.1, 0.15) is 92.4 Å². The lowest BCUT2D eigenvalue weighted by molar-refractivity contribution is -0.138. The van der Waals surface area contributed by atoms with Crippen molar-refractivity contribution in [2.75, 3.05) is 0 Å². The molecule has 9 atom stereocenters. The quantitative estimate of drug-likeness (QED) is 0.619. The molecule has 0 heterocycles. The van der Waals surface area contributed by atoms with E-state index in [1.807, 2.05) is 6.08 Å². The number of rotatable bonds is 5. The summed E-state index contributed by atoms with van der Waals surface area (Å²) >= 11 is 0. The molecule has 4 rings (SSSR count). The molecule has 0 bridgehead atoms. The Kier molecular flexibility index (Phi) is 6.03. The molecule has 0 saturated heterocycles. The summed E-state index contributed by atoms with van der Waals surface area (Å²) in [4.78, 5) is 13.4.